The third kappa shape index (κ3) is 3.73. The number of carbonyl (C=O) groups is 1. The second kappa shape index (κ2) is 6.10. The summed E-state index contributed by atoms with van der Waals surface area (Å²) in [6.45, 7) is 0.949. The average Bonchev–Trinajstić information content (AvgIpc) is 2.93. The van der Waals surface area contributed by atoms with Crippen molar-refractivity contribution in [3.63, 3.8) is 0 Å². The molecule has 1 fully saturated rings. The number of alkyl halides is 2. The molecule has 1 saturated heterocycles. The minimum absolute atomic E-state index is 0.0254. The van der Waals surface area contributed by atoms with Crippen LogP contribution < -0.4 is 5.32 Å². The van der Waals surface area contributed by atoms with Gasteiger partial charge in [0, 0.05) is 18.7 Å². The smallest absolute Gasteiger partial charge is 0.285 e. The van der Waals surface area contributed by atoms with Gasteiger partial charge in [0.2, 0.25) is 5.91 Å². The number of halogens is 2. The van der Waals surface area contributed by atoms with E-state index in [9.17, 15) is 13.6 Å². The van der Waals surface area contributed by atoms with Crippen molar-refractivity contribution in [3.8, 4) is 0 Å². The number of hydrogen-bond acceptors (Lipinski definition) is 2. The molecule has 0 radical (unpaired) electrons. The zero-order chi connectivity index (χ0) is 13.7. The minimum Gasteiger partial charge on any atom is -0.342 e. The first kappa shape index (κ1) is 13.9. The van der Waals surface area contributed by atoms with E-state index in [1.807, 2.05) is 0 Å². The molecule has 104 valence electrons. The maximum atomic E-state index is 13.8. The monoisotopic (exact) mass is 268 g/mol. The highest BCUT2D eigenvalue weighted by molar-refractivity contribution is 5.78. The van der Waals surface area contributed by atoms with E-state index in [0.29, 0.717) is 0 Å². The quantitative estimate of drug-likeness (QED) is 0.885. The van der Waals surface area contributed by atoms with Gasteiger partial charge < -0.3 is 10.2 Å². The summed E-state index contributed by atoms with van der Waals surface area (Å²) in [6.07, 6.45) is 2.01. The fourth-order valence-electron chi connectivity index (χ4n) is 2.19. The van der Waals surface area contributed by atoms with E-state index in [4.69, 9.17) is 0 Å². The van der Waals surface area contributed by atoms with Crippen molar-refractivity contribution in [2.45, 2.75) is 18.8 Å². The van der Waals surface area contributed by atoms with Crippen LogP contribution in [-0.4, -0.2) is 37.0 Å². The normalized spacial score (nSPS) is 15.8. The van der Waals surface area contributed by atoms with E-state index in [1.54, 1.807) is 23.1 Å². The molecule has 1 aromatic carbocycles. The summed E-state index contributed by atoms with van der Waals surface area (Å²) in [6, 6.07) is 7.65. The van der Waals surface area contributed by atoms with Crippen molar-refractivity contribution in [2.75, 3.05) is 26.2 Å². The topological polar surface area (TPSA) is 32.3 Å². The first-order valence-electron chi connectivity index (χ1n) is 6.51. The van der Waals surface area contributed by atoms with Crippen LogP contribution >= 0.6 is 0 Å². The van der Waals surface area contributed by atoms with Crippen molar-refractivity contribution in [1.82, 2.24) is 10.2 Å². The molecule has 1 aliphatic rings. The Labute approximate surface area is 111 Å². The van der Waals surface area contributed by atoms with Crippen molar-refractivity contribution in [2.24, 2.45) is 0 Å². The predicted octanol–water partition coefficient (Wildman–Crippen LogP) is 1.99. The zero-order valence-electron chi connectivity index (χ0n) is 10.7. The van der Waals surface area contributed by atoms with E-state index in [0.717, 1.165) is 25.9 Å². The van der Waals surface area contributed by atoms with E-state index < -0.39 is 12.5 Å². The second-order valence-electron chi connectivity index (χ2n) is 4.76. The van der Waals surface area contributed by atoms with E-state index in [2.05, 4.69) is 5.32 Å². The molecule has 1 aliphatic heterocycles. The van der Waals surface area contributed by atoms with Crippen LogP contribution in [-0.2, 0) is 10.7 Å². The highest BCUT2D eigenvalue weighted by atomic mass is 19.3. The van der Waals surface area contributed by atoms with Crippen molar-refractivity contribution < 1.29 is 13.6 Å². The first-order chi connectivity index (χ1) is 9.09. The number of nitrogens with zero attached hydrogens (tertiary/aromatic N) is 1. The molecule has 0 aliphatic carbocycles. The molecule has 19 heavy (non-hydrogen) atoms. The van der Waals surface area contributed by atoms with Gasteiger partial charge in [-0.05, 0) is 12.8 Å². The average molecular weight is 268 g/mol. The molecule has 0 saturated carbocycles. The number of hydrogen-bond donors (Lipinski definition) is 1. The van der Waals surface area contributed by atoms with Crippen LogP contribution in [0.1, 0.15) is 18.4 Å². The van der Waals surface area contributed by atoms with Gasteiger partial charge in [-0.25, -0.2) is 0 Å². The molecule has 0 atom stereocenters. The minimum atomic E-state index is -2.95. The third-order valence-electron chi connectivity index (χ3n) is 3.28. The molecule has 0 spiro atoms. The Kier molecular flexibility index (Phi) is 4.47. The Hall–Kier alpha value is -1.49. The second-order valence-corrected chi connectivity index (χ2v) is 4.76. The molecular formula is C14H18F2N2O. The molecule has 0 bridgehead atoms. The SMILES string of the molecule is O=C(CNCC(F)(F)c1ccccc1)N1CCCC1. The molecule has 5 heteroatoms. The molecular weight excluding hydrogens is 250 g/mol. The molecule has 1 N–H and O–H groups in total. The summed E-state index contributed by atoms with van der Waals surface area (Å²) in [5.41, 5.74) is -0.0314. The molecule has 2 rings (SSSR count). The van der Waals surface area contributed by atoms with E-state index in [-0.39, 0.29) is 18.0 Å². The summed E-state index contributed by atoms with van der Waals surface area (Å²) in [4.78, 5) is 13.4. The highest BCUT2D eigenvalue weighted by Crippen LogP contribution is 2.26. The van der Waals surface area contributed by atoms with Gasteiger partial charge in [0.15, 0.2) is 0 Å². The van der Waals surface area contributed by atoms with Gasteiger partial charge in [-0.2, -0.15) is 8.78 Å². The van der Waals surface area contributed by atoms with Crippen molar-refractivity contribution in [3.05, 3.63) is 35.9 Å². The Morgan fingerprint density at radius 3 is 2.47 bits per heavy atom. The lowest BCUT2D eigenvalue weighted by molar-refractivity contribution is -0.129. The Bertz CT molecular complexity index is 417. The number of benzene rings is 1. The van der Waals surface area contributed by atoms with Crippen LogP contribution in [0, 0.1) is 0 Å². The highest BCUT2D eigenvalue weighted by Gasteiger charge is 2.31. The summed E-state index contributed by atoms with van der Waals surface area (Å²) in [7, 11) is 0. The number of carbonyl (C=O) groups excluding carboxylic acids is 1. The maximum Gasteiger partial charge on any atom is 0.285 e. The van der Waals surface area contributed by atoms with Gasteiger partial charge in [-0.1, -0.05) is 30.3 Å². The number of nitrogens with one attached hydrogen (secondary N) is 1. The fourth-order valence-corrected chi connectivity index (χ4v) is 2.19. The summed E-state index contributed by atoms with van der Waals surface area (Å²) in [5, 5.41) is 2.56. The van der Waals surface area contributed by atoms with E-state index in [1.165, 1.54) is 12.1 Å². The summed E-state index contributed by atoms with van der Waals surface area (Å²) >= 11 is 0. The van der Waals surface area contributed by atoms with Crippen LogP contribution in [0.15, 0.2) is 30.3 Å². The van der Waals surface area contributed by atoms with Gasteiger partial charge in [-0.3, -0.25) is 4.79 Å². The first-order valence-corrected chi connectivity index (χ1v) is 6.51. The van der Waals surface area contributed by atoms with Gasteiger partial charge in [0.25, 0.3) is 5.92 Å². The van der Waals surface area contributed by atoms with Crippen LogP contribution in [0.3, 0.4) is 0 Å². The summed E-state index contributed by atoms with van der Waals surface area (Å²) < 4.78 is 27.6. The summed E-state index contributed by atoms with van der Waals surface area (Å²) in [5.74, 6) is -3.05. The largest absolute Gasteiger partial charge is 0.342 e. The Balaban J connectivity index is 1.80. The van der Waals surface area contributed by atoms with Crippen LogP contribution in [0.4, 0.5) is 8.78 Å². The molecule has 0 aromatic heterocycles. The molecule has 1 aromatic rings. The van der Waals surface area contributed by atoms with Crippen LogP contribution in [0.5, 0.6) is 0 Å². The van der Waals surface area contributed by atoms with Crippen LogP contribution in [0.2, 0.25) is 0 Å². The standard InChI is InChI=1S/C14H18F2N2O/c15-14(16,12-6-2-1-3-7-12)11-17-10-13(19)18-8-4-5-9-18/h1-3,6-7,17H,4-5,8-11H2. The number of rotatable bonds is 5. The van der Waals surface area contributed by atoms with Crippen molar-refractivity contribution in [1.29, 1.82) is 0 Å². The van der Waals surface area contributed by atoms with Gasteiger partial charge in [0.1, 0.15) is 0 Å². The lowest BCUT2D eigenvalue weighted by Gasteiger charge is -2.19. The molecule has 1 amide bonds. The molecule has 3 nitrogen and oxygen atoms in total. The molecule has 1 heterocycles. The van der Waals surface area contributed by atoms with Gasteiger partial charge in [-0.15, -0.1) is 0 Å². The lowest BCUT2D eigenvalue weighted by Crippen LogP contribution is -2.40. The fraction of sp³-hybridized carbons (Fsp3) is 0.500. The van der Waals surface area contributed by atoms with E-state index >= 15 is 0 Å². The van der Waals surface area contributed by atoms with Crippen LogP contribution in [0.25, 0.3) is 0 Å². The number of amides is 1. The Morgan fingerprint density at radius 2 is 1.84 bits per heavy atom. The maximum absolute atomic E-state index is 13.8. The van der Waals surface area contributed by atoms with Crippen molar-refractivity contribution >= 4 is 5.91 Å². The van der Waals surface area contributed by atoms with Gasteiger partial charge in [0.05, 0.1) is 13.1 Å². The number of likely N-dealkylation sites (tertiary alicyclic amines) is 1. The zero-order valence-corrected chi connectivity index (χ0v) is 10.7. The Morgan fingerprint density at radius 1 is 1.21 bits per heavy atom. The van der Waals surface area contributed by atoms with Gasteiger partial charge >= 0.3 is 0 Å². The predicted molar refractivity (Wildman–Crippen MR) is 69.0 cm³/mol. The molecule has 0 unspecified atom stereocenters. The third-order valence-corrected chi connectivity index (χ3v) is 3.28. The lowest BCUT2D eigenvalue weighted by atomic mass is 10.1.